The minimum Gasteiger partial charge on any atom is -0.476 e. The number of carbonyl (C=O) groups excluding carboxylic acids is 1. The molecule has 0 radical (unpaired) electrons. The Morgan fingerprint density at radius 1 is 1.00 bits per heavy atom. The lowest BCUT2D eigenvalue weighted by atomic mass is 9.57. The molecule has 5 heterocycles. The number of rotatable bonds is 0. The van der Waals surface area contributed by atoms with Gasteiger partial charge < -0.3 is 19.9 Å². The van der Waals surface area contributed by atoms with E-state index in [0.29, 0.717) is 47.9 Å². The number of ether oxygens (including phenoxy) is 1. The van der Waals surface area contributed by atoms with Crippen molar-refractivity contribution in [2.24, 2.45) is 35.5 Å². The summed E-state index contributed by atoms with van der Waals surface area (Å²) >= 11 is 0. The predicted molar refractivity (Wildman–Crippen MR) is 107 cm³/mol. The molecule has 0 spiro atoms. The summed E-state index contributed by atoms with van der Waals surface area (Å²) in [5.41, 5.74) is 0. The van der Waals surface area contributed by atoms with E-state index in [9.17, 15) is 4.79 Å². The first-order valence-corrected chi connectivity index (χ1v) is 12.2. The fourth-order valence-corrected chi connectivity index (χ4v) is 9.70. The van der Waals surface area contributed by atoms with Gasteiger partial charge in [0.25, 0.3) is 0 Å². The number of hydrogen-bond acceptors (Lipinski definition) is 5. The van der Waals surface area contributed by atoms with Gasteiger partial charge in [0.05, 0.1) is 12.1 Å². The lowest BCUT2D eigenvalue weighted by Gasteiger charge is -2.51. The summed E-state index contributed by atoms with van der Waals surface area (Å²) in [7, 11) is 0. The fourth-order valence-electron chi connectivity index (χ4n) is 9.70. The van der Waals surface area contributed by atoms with E-state index in [1.165, 1.54) is 25.7 Å². The molecule has 4 saturated heterocycles. The average molecular weight is 394 g/mol. The van der Waals surface area contributed by atoms with Crippen molar-refractivity contribution >= 4 is 5.78 Å². The summed E-state index contributed by atoms with van der Waals surface area (Å²) in [6.07, 6.45) is 14.1. The van der Waals surface area contributed by atoms with E-state index in [0.717, 1.165) is 49.6 Å². The third kappa shape index (κ3) is 1.82. The Kier molecular flexibility index (Phi) is 3.02. The van der Waals surface area contributed by atoms with Gasteiger partial charge in [0, 0.05) is 30.8 Å². The molecule has 3 saturated carbocycles. The molecule has 5 heteroatoms. The Morgan fingerprint density at radius 3 is 2.83 bits per heavy atom. The maximum Gasteiger partial charge on any atom is 0.190 e. The summed E-state index contributed by atoms with van der Waals surface area (Å²) < 4.78 is 6.54. The van der Waals surface area contributed by atoms with Crippen molar-refractivity contribution in [3.63, 3.8) is 0 Å². The number of hydrogen-bond donors (Lipinski definition) is 1. The molecule has 2 bridgehead atoms. The second-order valence-electron chi connectivity index (χ2n) is 11.1. The van der Waals surface area contributed by atoms with Gasteiger partial charge in [-0.25, -0.2) is 0 Å². The van der Waals surface area contributed by atoms with E-state index < -0.39 is 0 Å². The summed E-state index contributed by atoms with van der Waals surface area (Å²) in [5, 5.41) is 3.79. The van der Waals surface area contributed by atoms with Gasteiger partial charge in [-0.15, -0.1) is 0 Å². The first kappa shape index (κ1) is 16.2. The number of nitrogens with one attached hydrogen (secondary N) is 1. The molecule has 1 N–H and O–H groups in total. The normalized spacial score (nSPS) is 55.7. The number of carbonyl (C=O) groups is 1. The summed E-state index contributed by atoms with van der Waals surface area (Å²) in [6.45, 7) is 2.29. The van der Waals surface area contributed by atoms with Crippen molar-refractivity contribution in [3.8, 4) is 0 Å². The van der Waals surface area contributed by atoms with Crippen molar-refractivity contribution in [2.45, 2.75) is 68.8 Å². The largest absolute Gasteiger partial charge is 0.476 e. The molecule has 7 fully saturated rings. The average Bonchev–Trinajstić information content (AvgIpc) is 3.39. The molecule has 29 heavy (non-hydrogen) atoms. The number of allylic oxidation sites excluding steroid dienone is 2. The van der Waals surface area contributed by atoms with Crippen LogP contribution in [0.1, 0.15) is 38.5 Å². The maximum absolute atomic E-state index is 13.3. The van der Waals surface area contributed by atoms with Crippen LogP contribution in [-0.2, 0) is 9.53 Å². The number of ketones is 1. The molecule has 8 aliphatic rings. The van der Waals surface area contributed by atoms with E-state index in [-0.39, 0.29) is 5.92 Å². The number of nitrogens with zero attached hydrogens (tertiary/aromatic N) is 2. The van der Waals surface area contributed by atoms with Crippen LogP contribution in [0.5, 0.6) is 0 Å². The zero-order chi connectivity index (χ0) is 18.9. The SMILES string of the molecule is O=C1CCCC2C1C1C3CNCC3C3C4CCC5CC4N4C(=CC=CN2C1C34)O5. The molecule has 0 aromatic heterocycles. The Hall–Kier alpha value is -1.49. The molecular formula is C24H31N3O2. The molecule has 0 aromatic rings. The molecule has 11 atom stereocenters. The Bertz CT molecular complexity index is 838. The zero-order valence-corrected chi connectivity index (χ0v) is 17.0. The molecule has 0 amide bonds. The van der Waals surface area contributed by atoms with E-state index in [4.69, 9.17) is 4.74 Å². The molecule has 154 valence electrons. The van der Waals surface area contributed by atoms with Gasteiger partial charge in [0.15, 0.2) is 5.88 Å². The lowest BCUT2D eigenvalue weighted by Crippen LogP contribution is -2.59. The van der Waals surface area contributed by atoms with Gasteiger partial charge in [-0.05, 0) is 86.7 Å². The molecule has 5 aliphatic heterocycles. The highest BCUT2D eigenvalue weighted by Gasteiger charge is 2.70. The van der Waals surface area contributed by atoms with Crippen molar-refractivity contribution in [2.75, 3.05) is 13.1 Å². The standard InChI is InChI=1S/C24H31N3O2/c28-18-4-1-3-16-22(18)21-15-11-25-10-14(15)20-13-7-6-12-9-17(13)27-19(29-12)5-2-8-26(16)23(21)24(20)27/h2,5,8,12-17,20-25H,1,3-4,6-7,9-11H2. The molecule has 11 unspecified atom stereocenters. The highest BCUT2D eigenvalue weighted by molar-refractivity contribution is 5.83. The van der Waals surface area contributed by atoms with Crippen LogP contribution in [0, 0.1) is 35.5 Å². The molecule has 0 aromatic carbocycles. The van der Waals surface area contributed by atoms with Crippen LogP contribution >= 0.6 is 0 Å². The van der Waals surface area contributed by atoms with Crippen LogP contribution in [-0.4, -0.2) is 58.9 Å². The zero-order valence-electron chi connectivity index (χ0n) is 17.0. The van der Waals surface area contributed by atoms with Crippen LogP contribution in [0.2, 0.25) is 0 Å². The van der Waals surface area contributed by atoms with Crippen LogP contribution in [0.15, 0.2) is 24.2 Å². The van der Waals surface area contributed by atoms with E-state index in [2.05, 4.69) is 33.5 Å². The van der Waals surface area contributed by atoms with E-state index in [1.807, 2.05) is 0 Å². The smallest absolute Gasteiger partial charge is 0.190 e. The van der Waals surface area contributed by atoms with Crippen molar-refractivity contribution < 1.29 is 9.53 Å². The predicted octanol–water partition coefficient (Wildman–Crippen LogP) is 2.11. The second-order valence-corrected chi connectivity index (χ2v) is 11.1. The van der Waals surface area contributed by atoms with Gasteiger partial charge >= 0.3 is 0 Å². The fraction of sp³-hybridized carbons (Fsp3) is 0.792. The van der Waals surface area contributed by atoms with Gasteiger partial charge in [0.1, 0.15) is 11.9 Å². The van der Waals surface area contributed by atoms with E-state index in [1.54, 1.807) is 0 Å². The third-order valence-corrected chi connectivity index (χ3v) is 10.3. The molecule has 3 aliphatic carbocycles. The van der Waals surface area contributed by atoms with Gasteiger partial charge in [-0.2, -0.15) is 0 Å². The summed E-state index contributed by atoms with van der Waals surface area (Å²) in [4.78, 5) is 18.7. The van der Waals surface area contributed by atoms with Crippen LogP contribution in [0.4, 0.5) is 0 Å². The van der Waals surface area contributed by atoms with Gasteiger partial charge in [-0.3, -0.25) is 4.79 Å². The van der Waals surface area contributed by atoms with Gasteiger partial charge in [0.2, 0.25) is 0 Å². The van der Waals surface area contributed by atoms with Crippen LogP contribution in [0.3, 0.4) is 0 Å². The third-order valence-electron chi connectivity index (χ3n) is 10.3. The summed E-state index contributed by atoms with van der Waals surface area (Å²) in [5.74, 6) is 5.49. The van der Waals surface area contributed by atoms with Crippen molar-refractivity contribution in [1.29, 1.82) is 0 Å². The quantitative estimate of drug-likeness (QED) is 0.683. The minimum absolute atomic E-state index is 0.259. The second kappa shape index (κ2) is 5.40. The Labute approximate surface area is 172 Å². The Balaban J connectivity index is 1.35. The highest BCUT2D eigenvalue weighted by atomic mass is 16.5. The van der Waals surface area contributed by atoms with Crippen LogP contribution in [0.25, 0.3) is 0 Å². The monoisotopic (exact) mass is 393 g/mol. The molecular weight excluding hydrogens is 362 g/mol. The highest BCUT2D eigenvalue weighted by Crippen LogP contribution is 2.63. The first-order chi connectivity index (χ1) is 14.3. The minimum atomic E-state index is 0.259. The van der Waals surface area contributed by atoms with Crippen molar-refractivity contribution in [1.82, 2.24) is 15.1 Å². The molecule has 5 nitrogen and oxygen atoms in total. The van der Waals surface area contributed by atoms with E-state index >= 15 is 0 Å². The lowest BCUT2D eigenvalue weighted by molar-refractivity contribution is -0.127. The Morgan fingerprint density at radius 2 is 1.90 bits per heavy atom. The number of fused-ring (bicyclic) bond motifs is 8. The van der Waals surface area contributed by atoms with Crippen LogP contribution < -0.4 is 5.32 Å². The summed E-state index contributed by atoms with van der Waals surface area (Å²) in [6, 6.07) is 2.11. The topological polar surface area (TPSA) is 44.8 Å². The number of Topliss-reactive ketones (excluding diaryl/α,β-unsaturated/α-hetero) is 1. The maximum atomic E-state index is 13.3. The molecule has 8 rings (SSSR count). The first-order valence-electron chi connectivity index (χ1n) is 12.2. The van der Waals surface area contributed by atoms with Gasteiger partial charge in [-0.1, -0.05) is 0 Å². The van der Waals surface area contributed by atoms with Crippen molar-refractivity contribution in [3.05, 3.63) is 24.2 Å².